The highest BCUT2D eigenvalue weighted by molar-refractivity contribution is 5.31. The van der Waals surface area contributed by atoms with Crippen LogP contribution in [0.1, 0.15) is 20.3 Å². The van der Waals surface area contributed by atoms with Crippen LogP contribution in [0.5, 0.6) is 11.5 Å². The van der Waals surface area contributed by atoms with Gasteiger partial charge in [-0.15, -0.1) is 13.2 Å². The van der Waals surface area contributed by atoms with Gasteiger partial charge in [-0.25, -0.2) is 0 Å². The van der Waals surface area contributed by atoms with E-state index in [1.165, 1.54) is 24.3 Å². The summed E-state index contributed by atoms with van der Waals surface area (Å²) in [5.74, 6) is 0.131. The van der Waals surface area contributed by atoms with Crippen LogP contribution in [0.15, 0.2) is 24.3 Å². The maximum Gasteiger partial charge on any atom is 0.573 e. The van der Waals surface area contributed by atoms with Crippen LogP contribution in [0.25, 0.3) is 0 Å². The number of aliphatic hydroxyl groups is 1. The Morgan fingerprint density at radius 1 is 1.06 bits per heavy atom. The fraction of sp³-hybridized carbons (Fsp3) is 0.500. The number of alkyl halides is 3. The molecule has 0 spiro atoms. The standard InChI is InChI=1S/C12H15F3O3/c1-11(2,16)7-8-17-9-3-5-10(6-4-9)18-12(13,14)15/h3-6,16H,7-8H2,1-2H3. The van der Waals surface area contributed by atoms with Gasteiger partial charge < -0.3 is 14.6 Å². The first kappa shape index (κ1) is 14.6. The van der Waals surface area contributed by atoms with Crippen molar-refractivity contribution in [2.24, 2.45) is 0 Å². The van der Waals surface area contributed by atoms with Gasteiger partial charge in [-0.1, -0.05) is 0 Å². The molecule has 6 heteroatoms. The second-order valence-electron chi connectivity index (χ2n) is 4.43. The largest absolute Gasteiger partial charge is 0.573 e. The van der Waals surface area contributed by atoms with E-state index in [4.69, 9.17) is 4.74 Å². The van der Waals surface area contributed by atoms with E-state index in [1.54, 1.807) is 13.8 Å². The zero-order chi connectivity index (χ0) is 13.8. The second kappa shape index (κ2) is 5.48. The summed E-state index contributed by atoms with van der Waals surface area (Å²) >= 11 is 0. The Morgan fingerprint density at radius 2 is 1.56 bits per heavy atom. The Labute approximate surface area is 103 Å². The van der Waals surface area contributed by atoms with Crippen LogP contribution in [0.3, 0.4) is 0 Å². The highest BCUT2D eigenvalue weighted by atomic mass is 19.4. The highest BCUT2D eigenvalue weighted by Crippen LogP contribution is 2.24. The molecular formula is C12H15F3O3. The quantitative estimate of drug-likeness (QED) is 0.888. The van der Waals surface area contributed by atoms with Crippen molar-refractivity contribution in [3.63, 3.8) is 0 Å². The van der Waals surface area contributed by atoms with Crippen molar-refractivity contribution in [2.45, 2.75) is 32.2 Å². The van der Waals surface area contributed by atoms with Crippen LogP contribution in [0.4, 0.5) is 13.2 Å². The summed E-state index contributed by atoms with van der Waals surface area (Å²) in [6, 6.07) is 5.11. The van der Waals surface area contributed by atoms with Crippen molar-refractivity contribution in [3.05, 3.63) is 24.3 Å². The topological polar surface area (TPSA) is 38.7 Å². The minimum Gasteiger partial charge on any atom is -0.493 e. The van der Waals surface area contributed by atoms with Gasteiger partial charge in [-0.2, -0.15) is 0 Å². The zero-order valence-corrected chi connectivity index (χ0v) is 10.1. The summed E-state index contributed by atoms with van der Waals surface area (Å²) in [4.78, 5) is 0. The van der Waals surface area contributed by atoms with E-state index in [9.17, 15) is 18.3 Å². The molecule has 0 bridgehead atoms. The summed E-state index contributed by atoms with van der Waals surface area (Å²) in [5, 5.41) is 9.44. The van der Waals surface area contributed by atoms with Crippen LogP contribution < -0.4 is 9.47 Å². The van der Waals surface area contributed by atoms with E-state index >= 15 is 0 Å². The number of rotatable bonds is 5. The monoisotopic (exact) mass is 264 g/mol. The molecule has 0 aliphatic carbocycles. The number of hydrogen-bond acceptors (Lipinski definition) is 3. The second-order valence-corrected chi connectivity index (χ2v) is 4.43. The zero-order valence-electron chi connectivity index (χ0n) is 10.1. The van der Waals surface area contributed by atoms with Crippen molar-refractivity contribution in [3.8, 4) is 11.5 Å². The van der Waals surface area contributed by atoms with Crippen LogP contribution in [0, 0.1) is 0 Å². The van der Waals surface area contributed by atoms with Gasteiger partial charge in [0.2, 0.25) is 0 Å². The number of hydrogen-bond donors (Lipinski definition) is 1. The molecule has 0 atom stereocenters. The maximum absolute atomic E-state index is 11.9. The van der Waals surface area contributed by atoms with Crippen molar-refractivity contribution < 1.29 is 27.8 Å². The van der Waals surface area contributed by atoms with E-state index < -0.39 is 12.0 Å². The molecule has 1 aromatic carbocycles. The molecule has 0 heterocycles. The van der Waals surface area contributed by atoms with Gasteiger partial charge in [0.1, 0.15) is 11.5 Å². The molecule has 0 saturated carbocycles. The molecule has 0 aliphatic heterocycles. The van der Waals surface area contributed by atoms with E-state index in [0.29, 0.717) is 12.2 Å². The highest BCUT2D eigenvalue weighted by Gasteiger charge is 2.30. The average Bonchev–Trinajstić information content (AvgIpc) is 2.16. The Balaban J connectivity index is 2.46. The predicted molar refractivity (Wildman–Crippen MR) is 59.5 cm³/mol. The van der Waals surface area contributed by atoms with Crippen molar-refractivity contribution >= 4 is 0 Å². The summed E-state index contributed by atoms with van der Waals surface area (Å²) < 4.78 is 44.7. The third kappa shape index (κ3) is 6.34. The van der Waals surface area contributed by atoms with Crippen molar-refractivity contribution in [2.75, 3.05) is 6.61 Å². The fourth-order valence-corrected chi connectivity index (χ4v) is 1.16. The average molecular weight is 264 g/mol. The molecule has 3 nitrogen and oxygen atoms in total. The minimum absolute atomic E-state index is 0.281. The molecule has 18 heavy (non-hydrogen) atoms. The first-order valence-electron chi connectivity index (χ1n) is 5.37. The number of halogens is 3. The van der Waals surface area contributed by atoms with E-state index in [1.807, 2.05) is 0 Å². The first-order chi connectivity index (χ1) is 8.16. The van der Waals surface area contributed by atoms with Crippen LogP contribution in [-0.2, 0) is 0 Å². The van der Waals surface area contributed by atoms with E-state index in [2.05, 4.69) is 4.74 Å². The Morgan fingerprint density at radius 3 is 2.00 bits per heavy atom. The third-order valence-corrected chi connectivity index (χ3v) is 2.04. The normalized spacial score (nSPS) is 12.3. The smallest absolute Gasteiger partial charge is 0.493 e. The van der Waals surface area contributed by atoms with Gasteiger partial charge in [0, 0.05) is 6.42 Å². The molecule has 102 valence electrons. The van der Waals surface area contributed by atoms with Crippen LogP contribution in [0.2, 0.25) is 0 Å². The molecule has 0 amide bonds. The molecule has 0 fully saturated rings. The Bertz CT molecular complexity index is 366. The van der Waals surface area contributed by atoms with Gasteiger partial charge in [0.05, 0.1) is 12.2 Å². The third-order valence-electron chi connectivity index (χ3n) is 2.04. The lowest BCUT2D eigenvalue weighted by Crippen LogP contribution is -2.21. The predicted octanol–water partition coefficient (Wildman–Crippen LogP) is 3.13. The number of benzene rings is 1. The summed E-state index contributed by atoms with van der Waals surface area (Å²) in [7, 11) is 0. The molecule has 1 N–H and O–H groups in total. The molecule has 0 radical (unpaired) electrons. The lowest BCUT2D eigenvalue weighted by atomic mass is 10.1. The van der Waals surface area contributed by atoms with Crippen LogP contribution in [-0.4, -0.2) is 23.7 Å². The van der Waals surface area contributed by atoms with Gasteiger partial charge in [-0.05, 0) is 38.1 Å². The molecule has 0 aromatic heterocycles. The van der Waals surface area contributed by atoms with Gasteiger partial charge in [-0.3, -0.25) is 0 Å². The van der Waals surface area contributed by atoms with Gasteiger partial charge in [0.25, 0.3) is 0 Å². The molecule has 0 aliphatic rings. The van der Waals surface area contributed by atoms with Gasteiger partial charge >= 0.3 is 6.36 Å². The Kier molecular flexibility index (Phi) is 4.45. The fourth-order valence-electron chi connectivity index (χ4n) is 1.16. The van der Waals surface area contributed by atoms with Crippen molar-refractivity contribution in [1.29, 1.82) is 0 Å². The summed E-state index contributed by atoms with van der Waals surface area (Å²) in [6.07, 6.45) is -4.27. The lowest BCUT2D eigenvalue weighted by molar-refractivity contribution is -0.274. The maximum atomic E-state index is 11.9. The van der Waals surface area contributed by atoms with Crippen molar-refractivity contribution in [1.82, 2.24) is 0 Å². The molecule has 1 rings (SSSR count). The van der Waals surface area contributed by atoms with Gasteiger partial charge in [0.15, 0.2) is 0 Å². The Hall–Kier alpha value is -1.43. The van der Waals surface area contributed by atoms with Crippen LogP contribution >= 0.6 is 0 Å². The summed E-state index contributed by atoms with van der Waals surface area (Å²) in [6.45, 7) is 3.58. The molecular weight excluding hydrogens is 249 g/mol. The number of ether oxygens (including phenoxy) is 2. The van der Waals surface area contributed by atoms with E-state index in [0.717, 1.165) is 0 Å². The molecule has 1 aromatic rings. The molecule has 0 saturated heterocycles. The molecule has 0 unspecified atom stereocenters. The summed E-state index contributed by atoms with van der Waals surface area (Å²) in [5.41, 5.74) is -0.834. The first-order valence-corrected chi connectivity index (χ1v) is 5.37. The minimum atomic E-state index is -4.69. The van der Waals surface area contributed by atoms with E-state index in [-0.39, 0.29) is 12.4 Å². The SMILES string of the molecule is CC(C)(O)CCOc1ccc(OC(F)(F)F)cc1. The lowest BCUT2D eigenvalue weighted by Gasteiger charge is -2.17.